The molecule has 5 heteroatoms. The molecule has 1 aromatic rings. The highest BCUT2D eigenvalue weighted by Crippen LogP contribution is 2.19. The van der Waals surface area contributed by atoms with Gasteiger partial charge in [0.1, 0.15) is 5.84 Å². The van der Waals surface area contributed by atoms with Crippen LogP contribution in [0.4, 0.5) is 5.69 Å². The van der Waals surface area contributed by atoms with E-state index in [-0.39, 0.29) is 12.5 Å². The van der Waals surface area contributed by atoms with Gasteiger partial charge in [-0.2, -0.15) is 0 Å². The number of carbonyl (C=O) groups is 1. The van der Waals surface area contributed by atoms with E-state index >= 15 is 0 Å². The first-order valence-corrected chi connectivity index (χ1v) is 6.70. The molecule has 0 fully saturated rings. The number of amidine groups is 1. The molecular weight excluding hydrogens is 254 g/mol. The molecule has 20 heavy (non-hydrogen) atoms. The highest BCUT2D eigenvalue weighted by Gasteiger charge is 2.07. The third kappa shape index (κ3) is 5.30. The van der Waals surface area contributed by atoms with E-state index in [0.717, 1.165) is 16.8 Å². The number of benzene rings is 1. The number of hydrogen-bond acceptors (Lipinski definition) is 3. The zero-order valence-corrected chi connectivity index (χ0v) is 12.6. The van der Waals surface area contributed by atoms with Gasteiger partial charge in [-0.1, -0.05) is 37.2 Å². The zero-order valence-electron chi connectivity index (χ0n) is 12.6. The first kappa shape index (κ1) is 16.0. The molecule has 0 heterocycles. The summed E-state index contributed by atoms with van der Waals surface area (Å²) in [4.78, 5) is 16.7. The maximum absolute atomic E-state index is 11.8. The van der Waals surface area contributed by atoms with Crippen LogP contribution in [0.1, 0.15) is 31.4 Å². The van der Waals surface area contributed by atoms with Gasteiger partial charge in [0.05, 0.1) is 0 Å². The molecular formula is C15H23N3O2. The van der Waals surface area contributed by atoms with E-state index in [1.165, 1.54) is 0 Å². The molecule has 1 rings (SSSR count). The predicted octanol–water partition coefficient (Wildman–Crippen LogP) is 2.58. The fourth-order valence-corrected chi connectivity index (χ4v) is 1.82. The topological polar surface area (TPSA) is 76.7 Å². The van der Waals surface area contributed by atoms with Crippen molar-refractivity contribution in [3.8, 4) is 0 Å². The molecule has 110 valence electrons. The van der Waals surface area contributed by atoms with Crippen LogP contribution in [0.25, 0.3) is 0 Å². The smallest absolute Gasteiger partial charge is 0.265 e. The van der Waals surface area contributed by atoms with Crippen LogP contribution in [-0.4, -0.2) is 18.3 Å². The van der Waals surface area contributed by atoms with Gasteiger partial charge >= 0.3 is 0 Å². The second-order valence-electron chi connectivity index (χ2n) is 5.27. The van der Waals surface area contributed by atoms with Gasteiger partial charge in [0.15, 0.2) is 6.61 Å². The van der Waals surface area contributed by atoms with Gasteiger partial charge in [0, 0.05) is 12.1 Å². The molecule has 1 amide bonds. The Labute approximate surface area is 120 Å². The van der Waals surface area contributed by atoms with Crippen molar-refractivity contribution in [2.75, 3.05) is 11.9 Å². The number of nitrogens with one attached hydrogen (secondary N) is 1. The third-order valence-electron chi connectivity index (χ3n) is 2.74. The number of carbonyl (C=O) groups excluding carboxylic acids is 1. The van der Waals surface area contributed by atoms with Crippen molar-refractivity contribution in [2.24, 2.45) is 16.8 Å². The highest BCUT2D eigenvalue weighted by molar-refractivity contribution is 5.93. The summed E-state index contributed by atoms with van der Waals surface area (Å²) in [6, 6.07) is 5.85. The van der Waals surface area contributed by atoms with Crippen molar-refractivity contribution in [2.45, 2.75) is 34.1 Å². The Balaban J connectivity index is 2.49. The minimum atomic E-state index is -0.247. The Morgan fingerprint density at radius 3 is 2.50 bits per heavy atom. The van der Waals surface area contributed by atoms with Crippen molar-refractivity contribution in [1.29, 1.82) is 0 Å². The standard InChI is InChI=1S/C15H23N3O2/c1-10(2)8-13(16)18-20-9-14(19)17-15-11(3)6-5-7-12(15)4/h5-7,10H,8-9H2,1-4H3,(H2,16,18)(H,17,19). The molecule has 0 aliphatic heterocycles. The number of amides is 1. The third-order valence-corrected chi connectivity index (χ3v) is 2.74. The van der Waals surface area contributed by atoms with E-state index in [4.69, 9.17) is 10.6 Å². The van der Waals surface area contributed by atoms with Crippen molar-refractivity contribution in [3.63, 3.8) is 0 Å². The van der Waals surface area contributed by atoms with Gasteiger partial charge in [-0.15, -0.1) is 0 Å². The monoisotopic (exact) mass is 277 g/mol. The maximum atomic E-state index is 11.8. The van der Waals surface area contributed by atoms with Crippen LogP contribution in [0.5, 0.6) is 0 Å². The first-order chi connectivity index (χ1) is 9.40. The molecule has 0 atom stereocenters. The molecule has 0 aliphatic rings. The van der Waals surface area contributed by atoms with Gasteiger partial charge in [-0.3, -0.25) is 4.79 Å². The molecule has 0 saturated carbocycles. The predicted molar refractivity (Wildman–Crippen MR) is 81.6 cm³/mol. The summed E-state index contributed by atoms with van der Waals surface area (Å²) in [7, 11) is 0. The number of rotatable bonds is 6. The lowest BCUT2D eigenvalue weighted by Crippen LogP contribution is -2.20. The van der Waals surface area contributed by atoms with Crippen molar-refractivity contribution < 1.29 is 9.63 Å². The summed E-state index contributed by atoms with van der Waals surface area (Å²) in [6.45, 7) is 7.82. The van der Waals surface area contributed by atoms with E-state index in [1.807, 2.05) is 45.9 Å². The molecule has 0 aliphatic carbocycles. The van der Waals surface area contributed by atoms with Crippen molar-refractivity contribution in [3.05, 3.63) is 29.3 Å². The van der Waals surface area contributed by atoms with Crippen LogP contribution < -0.4 is 11.1 Å². The SMILES string of the molecule is Cc1cccc(C)c1NC(=O)CON=C(N)CC(C)C. The molecule has 1 aromatic carbocycles. The average Bonchev–Trinajstić information content (AvgIpc) is 2.33. The van der Waals surface area contributed by atoms with E-state index in [2.05, 4.69) is 10.5 Å². The molecule has 0 spiro atoms. The summed E-state index contributed by atoms with van der Waals surface area (Å²) in [5.41, 5.74) is 8.50. The zero-order chi connectivity index (χ0) is 15.1. The summed E-state index contributed by atoms with van der Waals surface area (Å²) in [5.74, 6) is 0.564. The Bertz CT molecular complexity index is 476. The molecule has 5 nitrogen and oxygen atoms in total. The second-order valence-corrected chi connectivity index (χ2v) is 5.27. The summed E-state index contributed by atoms with van der Waals surface area (Å²) in [5, 5.41) is 6.54. The van der Waals surface area contributed by atoms with Crippen LogP contribution in [0, 0.1) is 19.8 Å². The highest BCUT2D eigenvalue weighted by atomic mass is 16.6. The van der Waals surface area contributed by atoms with Crippen LogP contribution in [0.3, 0.4) is 0 Å². The van der Waals surface area contributed by atoms with Crippen molar-refractivity contribution in [1.82, 2.24) is 0 Å². The first-order valence-electron chi connectivity index (χ1n) is 6.70. The minimum absolute atomic E-state index is 0.146. The maximum Gasteiger partial charge on any atom is 0.265 e. The number of oxime groups is 1. The molecule has 0 radical (unpaired) electrons. The normalized spacial score (nSPS) is 11.6. The summed E-state index contributed by atoms with van der Waals surface area (Å²) >= 11 is 0. The fraction of sp³-hybridized carbons (Fsp3) is 0.467. The molecule has 0 bridgehead atoms. The number of para-hydroxylation sites is 1. The van der Waals surface area contributed by atoms with E-state index < -0.39 is 0 Å². The lowest BCUT2D eigenvalue weighted by molar-refractivity contribution is -0.120. The average molecular weight is 277 g/mol. The molecule has 0 aromatic heterocycles. The van der Waals surface area contributed by atoms with Gasteiger partial charge in [0.25, 0.3) is 5.91 Å². The molecule has 3 N–H and O–H groups in total. The summed E-state index contributed by atoms with van der Waals surface area (Å²) < 4.78 is 0. The van der Waals surface area contributed by atoms with E-state index in [9.17, 15) is 4.79 Å². The quantitative estimate of drug-likeness (QED) is 0.476. The number of hydrogen-bond donors (Lipinski definition) is 2. The van der Waals surface area contributed by atoms with Crippen LogP contribution in [0.2, 0.25) is 0 Å². The van der Waals surface area contributed by atoms with Crippen LogP contribution in [-0.2, 0) is 9.63 Å². The Morgan fingerprint density at radius 1 is 1.35 bits per heavy atom. The Hall–Kier alpha value is -2.04. The fourth-order valence-electron chi connectivity index (χ4n) is 1.82. The molecule has 0 saturated heterocycles. The number of aryl methyl sites for hydroxylation is 2. The number of nitrogens with two attached hydrogens (primary N) is 1. The lowest BCUT2D eigenvalue weighted by Gasteiger charge is -2.11. The molecule has 0 unspecified atom stereocenters. The largest absolute Gasteiger partial charge is 0.384 e. The van der Waals surface area contributed by atoms with Crippen LogP contribution in [0.15, 0.2) is 23.4 Å². The number of anilines is 1. The minimum Gasteiger partial charge on any atom is -0.384 e. The summed E-state index contributed by atoms with van der Waals surface area (Å²) in [6.07, 6.45) is 0.651. The lowest BCUT2D eigenvalue weighted by atomic mass is 10.1. The Kier molecular flexibility index (Phi) is 6.03. The van der Waals surface area contributed by atoms with Gasteiger partial charge in [-0.05, 0) is 30.9 Å². The number of nitrogens with zero attached hydrogens (tertiary/aromatic N) is 1. The Morgan fingerprint density at radius 2 is 1.95 bits per heavy atom. The van der Waals surface area contributed by atoms with Gasteiger partial charge in [-0.25, -0.2) is 0 Å². The van der Waals surface area contributed by atoms with Gasteiger partial charge in [0.2, 0.25) is 0 Å². The van der Waals surface area contributed by atoms with Gasteiger partial charge < -0.3 is 15.9 Å². The van der Waals surface area contributed by atoms with Crippen LogP contribution >= 0.6 is 0 Å². The van der Waals surface area contributed by atoms with E-state index in [1.54, 1.807) is 0 Å². The van der Waals surface area contributed by atoms with E-state index in [0.29, 0.717) is 18.2 Å². The van der Waals surface area contributed by atoms with Crippen molar-refractivity contribution >= 4 is 17.4 Å². The second kappa shape index (κ2) is 7.53.